The Morgan fingerprint density at radius 2 is 2.16 bits per heavy atom. The number of hydrogen-bond donors (Lipinski definition) is 2. The molecule has 1 aromatic heterocycles. The molecule has 1 aromatic rings. The van der Waals surface area contributed by atoms with E-state index in [2.05, 4.69) is 5.32 Å². The third-order valence-electron chi connectivity index (χ3n) is 2.98. The van der Waals surface area contributed by atoms with Crippen LogP contribution in [0, 0.1) is 5.92 Å². The van der Waals surface area contributed by atoms with Gasteiger partial charge in [0.05, 0.1) is 9.21 Å². The number of carbonyl (C=O) groups is 2. The van der Waals surface area contributed by atoms with Crippen molar-refractivity contribution in [3.8, 4) is 0 Å². The summed E-state index contributed by atoms with van der Waals surface area (Å²) in [5.41, 5.74) is 0. The molecule has 4 nitrogen and oxygen atoms in total. The van der Waals surface area contributed by atoms with Gasteiger partial charge in [0.2, 0.25) is 0 Å². The van der Waals surface area contributed by atoms with Crippen molar-refractivity contribution in [1.82, 2.24) is 5.32 Å². The van der Waals surface area contributed by atoms with Gasteiger partial charge in [-0.15, -0.1) is 11.3 Å². The number of thiophene rings is 1. The Balaban J connectivity index is 2.28. The first-order valence-electron chi connectivity index (χ1n) is 6.28. The van der Waals surface area contributed by atoms with Crippen LogP contribution >= 0.6 is 22.9 Å². The van der Waals surface area contributed by atoms with Crippen LogP contribution in [0.2, 0.25) is 4.34 Å². The van der Waals surface area contributed by atoms with Crippen LogP contribution in [0.5, 0.6) is 0 Å². The second kappa shape index (κ2) is 8.17. The van der Waals surface area contributed by atoms with E-state index in [-0.39, 0.29) is 12.3 Å². The summed E-state index contributed by atoms with van der Waals surface area (Å²) >= 11 is 7.02. The predicted molar refractivity (Wildman–Crippen MR) is 76.9 cm³/mol. The van der Waals surface area contributed by atoms with Crippen molar-refractivity contribution >= 4 is 34.8 Å². The van der Waals surface area contributed by atoms with Crippen molar-refractivity contribution < 1.29 is 14.7 Å². The minimum atomic E-state index is -0.768. The van der Waals surface area contributed by atoms with Crippen LogP contribution in [-0.4, -0.2) is 23.5 Å². The third kappa shape index (κ3) is 6.07. The zero-order valence-corrected chi connectivity index (χ0v) is 12.4. The van der Waals surface area contributed by atoms with Crippen LogP contribution in [-0.2, 0) is 4.79 Å². The summed E-state index contributed by atoms with van der Waals surface area (Å²) < 4.78 is 0.595. The number of carboxylic acid groups (broad SMARTS) is 1. The van der Waals surface area contributed by atoms with Crippen LogP contribution < -0.4 is 5.32 Å². The minimum Gasteiger partial charge on any atom is -0.481 e. The molecule has 0 aliphatic heterocycles. The zero-order valence-electron chi connectivity index (χ0n) is 10.8. The maximum Gasteiger partial charge on any atom is 0.303 e. The molecule has 19 heavy (non-hydrogen) atoms. The van der Waals surface area contributed by atoms with Crippen molar-refractivity contribution in [3.63, 3.8) is 0 Å². The molecule has 1 heterocycles. The Morgan fingerprint density at radius 3 is 2.68 bits per heavy atom. The van der Waals surface area contributed by atoms with Crippen molar-refractivity contribution in [2.75, 3.05) is 6.54 Å². The molecule has 1 rings (SSSR count). The van der Waals surface area contributed by atoms with Gasteiger partial charge in [0.15, 0.2) is 0 Å². The summed E-state index contributed by atoms with van der Waals surface area (Å²) in [5, 5.41) is 11.5. The van der Waals surface area contributed by atoms with E-state index in [9.17, 15) is 9.59 Å². The number of nitrogens with one attached hydrogen (secondary N) is 1. The molecule has 1 amide bonds. The highest BCUT2D eigenvalue weighted by atomic mass is 35.5. The molecule has 0 saturated heterocycles. The number of aliphatic carboxylic acids is 1. The van der Waals surface area contributed by atoms with Crippen LogP contribution in [0.4, 0.5) is 0 Å². The Morgan fingerprint density at radius 1 is 1.42 bits per heavy atom. The first-order chi connectivity index (χ1) is 9.02. The topological polar surface area (TPSA) is 66.4 Å². The number of halogens is 1. The normalized spacial score (nSPS) is 12.1. The summed E-state index contributed by atoms with van der Waals surface area (Å²) in [5.74, 6) is -0.552. The molecule has 0 bridgehead atoms. The van der Waals surface area contributed by atoms with Gasteiger partial charge in [0.25, 0.3) is 5.91 Å². The Kier molecular flexibility index (Phi) is 6.87. The number of carbonyl (C=O) groups excluding carboxylic acids is 1. The molecule has 0 spiro atoms. The molecular weight excluding hydrogens is 286 g/mol. The van der Waals surface area contributed by atoms with Crippen molar-refractivity contribution in [2.45, 2.75) is 32.6 Å². The molecule has 0 aliphatic rings. The first-order valence-corrected chi connectivity index (χ1v) is 7.47. The van der Waals surface area contributed by atoms with Crippen molar-refractivity contribution in [3.05, 3.63) is 21.3 Å². The molecular formula is C13H18ClNO3S. The van der Waals surface area contributed by atoms with Crippen LogP contribution in [0.25, 0.3) is 0 Å². The highest BCUT2D eigenvalue weighted by Gasteiger charge is 2.11. The van der Waals surface area contributed by atoms with Crippen LogP contribution in [0.15, 0.2) is 12.1 Å². The second-order valence-electron chi connectivity index (χ2n) is 4.36. The van der Waals surface area contributed by atoms with Crippen LogP contribution in [0.1, 0.15) is 42.3 Å². The molecule has 0 fully saturated rings. The van der Waals surface area contributed by atoms with E-state index in [1.54, 1.807) is 12.1 Å². The standard InChI is InChI=1S/C13H18ClNO3S/c1-2-9(3-6-12(16)17)7-8-15-13(18)10-4-5-11(14)19-10/h4-5,9H,2-3,6-8H2,1H3,(H,15,18)(H,16,17). The van der Waals surface area contributed by atoms with E-state index >= 15 is 0 Å². The summed E-state index contributed by atoms with van der Waals surface area (Å²) in [6, 6.07) is 3.40. The second-order valence-corrected chi connectivity index (χ2v) is 6.07. The summed E-state index contributed by atoms with van der Waals surface area (Å²) in [6.07, 6.45) is 2.57. The van der Waals surface area contributed by atoms with E-state index in [0.717, 1.165) is 12.8 Å². The molecule has 1 atom stereocenters. The van der Waals surface area contributed by atoms with Gasteiger partial charge in [-0.3, -0.25) is 9.59 Å². The Bertz CT molecular complexity index is 433. The minimum absolute atomic E-state index is 0.120. The van der Waals surface area contributed by atoms with Gasteiger partial charge in [-0.1, -0.05) is 24.9 Å². The molecule has 0 aliphatic carbocycles. The fraction of sp³-hybridized carbons (Fsp3) is 0.538. The van der Waals surface area contributed by atoms with E-state index < -0.39 is 5.97 Å². The molecule has 2 N–H and O–H groups in total. The van der Waals surface area contributed by atoms with Gasteiger partial charge >= 0.3 is 5.97 Å². The average Bonchev–Trinajstić information content (AvgIpc) is 2.79. The van der Waals surface area contributed by atoms with Gasteiger partial charge in [0.1, 0.15) is 0 Å². The molecule has 0 saturated carbocycles. The number of rotatable bonds is 8. The van der Waals surface area contributed by atoms with Gasteiger partial charge < -0.3 is 10.4 Å². The van der Waals surface area contributed by atoms with Crippen LogP contribution in [0.3, 0.4) is 0 Å². The maximum atomic E-state index is 11.7. The zero-order chi connectivity index (χ0) is 14.3. The fourth-order valence-electron chi connectivity index (χ4n) is 1.79. The first kappa shape index (κ1) is 16.0. The lowest BCUT2D eigenvalue weighted by Gasteiger charge is -2.13. The number of carboxylic acids is 1. The highest BCUT2D eigenvalue weighted by molar-refractivity contribution is 7.17. The smallest absolute Gasteiger partial charge is 0.303 e. The third-order valence-corrected chi connectivity index (χ3v) is 4.21. The molecule has 106 valence electrons. The summed E-state index contributed by atoms with van der Waals surface area (Å²) in [7, 11) is 0. The van der Waals surface area contributed by atoms with E-state index in [4.69, 9.17) is 16.7 Å². The largest absolute Gasteiger partial charge is 0.481 e. The van der Waals surface area contributed by atoms with Gasteiger partial charge in [-0.2, -0.15) is 0 Å². The maximum absolute atomic E-state index is 11.7. The molecule has 0 radical (unpaired) electrons. The van der Waals surface area contributed by atoms with Gasteiger partial charge in [-0.05, 0) is 30.9 Å². The summed E-state index contributed by atoms with van der Waals surface area (Å²) in [6.45, 7) is 2.60. The number of amides is 1. The Labute approximate surface area is 121 Å². The van der Waals surface area contributed by atoms with Crippen molar-refractivity contribution in [1.29, 1.82) is 0 Å². The van der Waals surface area contributed by atoms with Gasteiger partial charge in [0, 0.05) is 13.0 Å². The Hall–Kier alpha value is -1.07. The lowest BCUT2D eigenvalue weighted by atomic mass is 9.97. The SMILES string of the molecule is CCC(CCNC(=O)c1ccc(Cl)s1)CCC(=O)O. The van der Waals surface area contributed by atoms with E-state index in [0.29, 0.717) is 28.1 Å². The van der Waals surface area contributed by atoms with E-state index in [1.807, 2.05) is 6.92 Å². The highest BCUT2D eigenvalue weighted by Crippen LogP contribution is 2.21. The van der Waals surface area contributed by atoms with Gasteiger partial charge in [-0.25, -0.2) is 0 Å². The monoisotopic (exact) mass is 303 g/mol. The number of hydrogen-bond acceptors (Lipinski definition) is 3. The average molecular weight is 304 g/mol. The molecule has 1 unspecified atom stereocenters. The lowest BCUT2D eigenvalue weighted by Crippen LogP contribution is -2.25. The van der Waals surface area contributed by atoms with E-state index in [1.165, 1.54) is 11.3 Å². The molecule has 0 aromatic carbocycles. The predicted octanol–water partition coefficient (Wildman–Crippen LogP) is 3.41. The quantitative estimate of drug-likeness (QED) is 0.773. The lowest BCUT2D eigenvalue weighted by molar-refractivity contribution is -0.137. The summed E-state index contributed by atoms with van der Waals surface area (Å²) in [4.78, 5) is 22.8. The van der Waals surface area contributed by atoms with Crippen molar-refractivity contribution in [2.24, 2.45) is 5.92 Å². The fourth-order valence-corrected chi connectivity index (χ4v) is 2.75. The molecule has 6 heteroatoms.